The summed E-state index contributed by atoms with van der Waals surface area (Å²) in [5.74, 6) is -0.388. The van der Waals surface area contributed by atoms with Crippen molar-refractivity contribution in [3.8, 4) is 11.4 Å². The molecule has 3 aromatic rings. The lowest BCUT2D eigenvalue weighted by molar-refractivity contribution is 0.124. The van der Waals surface area contributed by atoms with Crippen LogP contribution in [-0.2, 0) is 6.61 Å². The van der Waals surface area contributed by atoms with E-state index < -0.39 is 11.9 Å². The average Bonchev–Trinajstić information content (AvgIpc) is 3.39. The van der Waals surface area contributed by atoms with Gasteiger partial charge < -0.3 is 14.7 Å². The highest BCUT2D eigenvalue weighted by Crippen LogP contribution is 2.24. The van der Waals surface area contributed by atoms with Crippen LogP contribution in [0.4, 0.5) is 9.18 Å². The number of amides is 1. The van der Waals surface area contributed by atoms with Crippen LogP contribution in [0.25, 0.3) is 5.69 Å². The van der Waals surface area contributed by atoms with Crippen molar-refractivity contribution in [1.82, 2.24) is 34.9 Å². The fourth-order valence-corrected chi connectivity index (χ4v) is 3.16. The Morgan fingerprint density at radius 3 is 2.82 bits per heavy atom. The molecule has 28 heavy (non-hydrogen) atoms. The fourth-order valence-electron chi connectivity index (χ4n) is 3.16. The number of rotatable bonds is 5. The zero-order valence-corrected chi connectivity index (χ0v) is 14.8. The van der Waals surface area contributed by atoms with E-state index in [0.717, 1.165) is 5.56 Å². The molecule has 1 aromatic carbocycles. The van der Waals surface area contributed by atoms with Crippen molar-refractivity contribution in [2.75, 3.05) is 13.1 Å². The predicted octanol–water partition coefficient (Wildman–Crippen LogP) is 1.89. The molecule has 1 fully saturated rings. The van der Waals surface area contributed by atoms with Gasteiger partial charge >= 0.3 is 6.09 Å². The van der Waals surface area contributed by atoms with Gasteiger partial charge in [0.15, 0.2) is 11.6 Å². The molecule has 1 aliphatic rings. The monoisotopic (exact) mass is 387 g/mol. The largest absolute Gasteiger partial charge is 0.486 e. The molecule has 0 atom stereocenters. The lowest BCUT2D eigenvalue weighted by atomic mass is 10.1. The Balaban J connectivity index is 1.35. The molecule has 11 heteroatoms. The molecular formula is C17H18FN7O3. The first-order valence-corrected chi connectivity index (χ1v) is 8.77. The molecule has 0 saturated carbocycles. The van der Waals surface area contributed by atoms with E-state index in [4.69, 9.17) is 9.84 Å². The van der Waals surface area contributed by atoms with Crippen LogP contribution < -0.4 is 4.74 Å². The molecule has 0 aliphatic carbocycles. The van der Waals surface area contributed by atoms with Crippen LogP contribution >= 0.6 is 0 Å². The number of ether oxygens (including phenoxy) is 1. The third kappa shape index (κ3) is 3.77. The highest BCUT2D eigenvalue weighted by molar-refractivity contribution is 5.65. The second kappa shape index (κ2) is 7.62. The Morgan fingerprint density at radius 1 is 1.32 bits per heavy atom. The van der Waals surface area contributed by atoms with E-state index in [1.165, 1.54) is 28.0 Å². The summed E-state index contributed by atoms with van der Waals surface area (Å²) >= 11 is 0. The van der Waals surface area contributed by atoms with E-state index in [1.807, 2.05) is 10.9 Å². The van der Waals surface area contributed by atoms with Gasteiger partial charge in [0, 0.05) is 30.9 Å². The normalized spacial score (nSPS) is 15.0. The van der Waals surface area contributed by atoms with Crippen molar-refractivity contribution >= 4 is 6.09 Å². The number of benzene rings is 1. The van der Waals surface area contributed by atoms with Gasteiger partial charge in [0.2, 0.25) is 0 Å². The van der Waals surface area contributed by atoms with Crippen molar-refractivity contribution < 1.29 is 19.0 Å². The predicted molar refractivity (Wildman–Crippen MR) is 93.5 cm³/mol. The summed E-state index contributed by atoms with van der Waals surface area (Å²) in [7, 11) is 0. The number of likely N-dealkylation sites (tertiary alicyclic amines) is 1. The minimum Gasteiger partial charge on any atom is -0.486 e. The SMILES string of the molecule is O=C(O)N1CCC(n2cc(COc3ccc(-n4cnnn4)cc3F)cn2)CC1. The maximum absolute atomic E-state index is 14.3. The number of carbonyl (C=O) groups is 1. The van der Waals surface area contributed by atoms with E-state index >= 15 is 0 Å². The minimum absolute atomic E-state index is 0.124. The van der Waals surface area contributed by atoms with Crippen molar-refractivity contribution in [2.45, 2.75) is 25.5 Å². The molecule has 1 amide bonds. The van der Waals surface area contributed by atoms with E-state index in [1.54, 1.807) is 12.3 Å². The molecule has 1 N–H and O–H groups in total. The Labute approximate surface area is 159 Å². The topological polar surface area (TPSA) is 111 Å². The van der Waals surface area contributed by atoms with Crippen LogP contribution in [0.1, 0.15) is 24.4 Å². The van der Waals surface area contributed by atoms with Crippen molar-refractivity contribution in [2.24, 2.45) is 0 Å². The van der Waals surface area contributed by atoms with Gasteiger partial charge in [0.25, 0.3) is 0 Å². The molecule has 10 nitrogen and oxygen atoms in total. The van der Waals surface area contributed by atoms with E-state index in [9.17, 15) is 9.18 Å². The molecule has 2 aromatic heterocycles. The third-order valence-electron chi connectivity index (χ3n) is 4.69. The van der Waals surface area contributed by atoms with Crippen LogP contribution in [-0.4, -0.2) is 59.2 Å². The van der Waals surface area contributed by atoms with Crippen LogP contribution in [0.5, 0.6) is 5.75 Å². The lowest BCUT2D eigenvalue weighted by Gasteiger charge is -2.30. The Hall–Kier alpha value is -3.50. The van der Waals surface area contributed by atoms with Gasteiger partial charge in [-0.25, -0.2) is 13.9 Å². The highest BCUT2D eigenvalue weighted by atomic mass is 19.1. The number of piperidine rings is 1. The molecule has 0 spiro atoms. The molecule has 0 radical (unpaired) electrons. The Kier molecular flexibility index (Phi) is 4.87. The van der Waals surface area contributed by atoms with Crippen molar-refractivity contribution in [3.05, 3.63) is 48.3 Å². The second-order valence-electron chi connectivity index (χ2n) is 6.49. The molecule has 4 rings (SSSR count). The minimum atomic E-state index is -0.888. The standard InChI is InChI=1S/C17H18FN7O3/c18-15-7-14(25-11-19-21-22-25)1-2-16(15)28-10-12-8-20-24(9-12)13-3-5-23(6-4-13)17(26)27/h1-2,7-9,11,13H,3-6,10H2,(H,26,27). The summed E-state index contributed by atoms with van der Waals surface area (Å²) in [6, 6.07) is 4.63. The maximum atomic E-state index is 14.3. The van der Waals surface area contributed by atoms with Crippen LogP contribution in [0.15, 0.2) is 36.9 Å². The number of hydrogen-bond donors (Lipinski definition) is 1. The van der Waals surface area contributed by atoms with Gasteiger partial charge in [-0.15, -0.1) is 5.10 Å². The van der Waals surface area contributed by atoms with E-state index in [-0.39, 0.29) is 18.4 Å². The van der Waals surface area contributed by atoms with Crippen LogP contribution in [0.2, 0.25) is 0 Å². The first-order chi connectivity index (χ1) is 13.6. The summed E-state index contributed by atoms with van der Waals surface area (Å²) in [6.07, 6.45) is 5.44. The number of carboxylic acid groups (broad SMARTS) is 1. The van der Waals surface area contributed by atoms with Gasteiger partial charge in [0.1, 0.15) is 12.9 Å². The van der Waals surface area contributed by atoms with Crippen LogP contribution in [0.3, 0.4) is 0 Å². The van der Waals surface area contributed by atoms with Crippen molar-refractivity contribution in [3.63, 3.8) is 0 Å². The number of halogens is 1. The molecule has 146 valence electrons. The molecular weight excluding hydrogens is 369 g/mol. The number of tetrazole rings is 1. The molecule has 1 saturated heterocycles. The number of hydrogen-bond acceptors (Lipinski definition) is 6. The van der Waals surface area contributed by atoms with Gasteiger partial charge in [-0.2, -0.15) is 5.10 Å². The van der Waals surface area contributed by atoms with Gasteiger partial charge in [-0.1, -0.05) is 0 Å². The van der Waals surface area contributed by atoms with E-state index in [0.29, 0.717) is 31.6 Å². The summed E-state index contributed by atoms with van der Waals surface area (Å²) in [5, 5.41) is 24.1. The fraction of sp³-hybridized carbons (Fsp3) is 0.353. The lowest BCUT2D eigenvalue weighted by Crippen LogP contribution is -2.38. The smallest absolute Gasteiger partial charge is 0.407 e. The maximum Gasteiger partial charge on any atom is 0.407 e. The van der Waals surface area contributed by atoms with Gasteiger partial charge in [-0.3, -0.25) is 4.68 Å². The summed E-state index contributed by atoms with van der Waals surface area (Å²) < 4.78 is 23.0. The van der Waals surface area contributed by atoms with Crippen molar-refractivity contribution in [1.29, 1.82) is 0 Å². The zero-order valence-electron chi connectivity index (χ0n) is 14.8. The van der Waals surface area contributed by atoms with Gasteiger partial charge in [0.05, 0.1) is 17.9 Å². The number of aromatic nitrogens is 6. The molecule has 0 bridgehead atoms. The Morgan fingerprint density at radius 2 is 2.14 bits per heavy atom. The second-order valence-corrected chi connectivity index (χ2v) is 6.49. The summed E-state index contributed by atoms with van der Waals surface area (Å²) in [4.78, 5) is 12.4. The third-order valence-corrected chi connectivity index (χ3v) is 4.69. The summed E-state index contributed by atoms with van der Waals surface area (Å²) in [6.45, 7) is 1.16. The molecule has 3 heterocycles. The first-order valence-electron chi connectivity index (χ1n) is 8.77. The zero-order chi connectivity index (χ0) is 19.5. The van der Waals surface area contributed by atoms with Crippen LogP contribution in [0, 0.1) is 5.82 Å². The van der Waals surface area contributed by atoms with Gasteiger partial charge in [-0.05, 0) is 35.4 Å². The Bertz CT molecular complexity index is 952. The average molecular weight is 387 g/mol. The van der Waals surface area contributed by atoms with E-state index in [2.05, 4.69) is 20.6 Å². The summed E-state index contributed by atoms with van der Waals surface area (Å²) in [5.41, 5.74) is 1.31. The molecule has 0 unspecified atom stereocenters. The highest BCUT2D eigenvalue weighted by Gasteiger charge is 2.23. The number of nitrogens with zero attached hydrogens (tertiary/aromatic N) is 7. The quantitative estimate of drug-likeness (QED) is 0.712. The first kappa shape index (κ1) is 17.9. The molecule has 1 aliphatic heterocycles.